The van der Waals surface area contributed by atoms with Crippen LogP contribution in [-0.2, 0) is 16.1 Å². The van der Waals surface area contributed by atoms with Crippen molar-refractivity contribution in [1.82, 2.24) is 14.8 Å². The summed E-state index contributed by atoms with van der Waals surface area (Å²) >= 11 is 5.75. The summed E-state index contributed by atoms with van der Waals surface area (Å²) in [5, 5.41) is 6.86. The molecule has 9 heteroatoms. The van der Waals surface area contributed by atoms with Crippen molar-refractivity contribution in [3.63, 3.8) is 0 Å². The van der Waals surface area contributed by atoms with Gasteiger partial charge in [-0.05, 0) is 18.2 Å². The van der Waals surface area contributed by atoms with Crippen LogP contribution in [-0.4, -0.2) is 23.2 Å². The van der Waals surface area contributed by atoms with Crippen molar-refractivity contribution in [3.8, 4) is 11.4 Å². The van der Waals surface area contributed by atoms with Crippen LogP contribution >= 0.6 is 22.3 Å². The molecule has 1 heterocycles. The van der Waals surface area contributed by atoms with Gasteiger partial charge in [0.25, 0.3) is 14.2 Å². The molecule has 2 rings (SSSR count). The topological polar surface area (TPSA) is 64.8 Å². The molecule has 1 aromatic heterocycles. The highest BCUT2D eigenvalue weighted by molar-refractivity contribution is 8.13. The molecule has 0 bridgehead atoms. The fourth-order valence-corrected chi connectivity index (χ4v) is 2.56. The fraction of sp³-hybridized carbons (Fsp3) is 0.111. The Balaban J connectivity index is 2.67. The van der Waals surface area contributed by atoms with Gasteiger partial charge < -0.3 is 0 Å². The first-order valence-corrected chi connectivity index (χ1v) is 7.29. The van der Waals surface area contributed by atoms with Crippen LogP contribution in [0.1, 0.15) is 0 Å². The van der Waals surface area contributed by atoms with Crippen molar-refractivity contribution in [2.45, 2.75) is 5.16 Å². The highest BCUT2D eigenvalue weighted by Crippen LogP contribution is 2.26. The normalized spacial score (nSPS) is 11.8. The van der Waals surface area contributed by atoms with Gasteiger partial charge in [-0.3, -0.25) is 4.57 Å². The van der Waals surface area contributed by atoms with Gasteiger partial charge in [0, 0.05) is 22.8 Å². The molecule has 5 nitrogen and oxygen atoms in total. The van der Waals surface area contributed by atoms with E-state index in [9.17, 15) is 12.8 Å². The number of halogens is 3. The molecule has 0 saturated heterocycles. The SMILES string of the molecule is Cn1c(-c2cc(Cl)ccc2F)nnc1S(=O)(=O)Cl. The highest BCUT2D eigenvalue weighted by atomic mass is 35.7. The van der Waals surface area contributed by atoms with Gasteiger partial charge in [-0.15, -0.1) is 10.2 Å². The third-order valence-corrected chi connectivity index (χ3v) is 3.66. The summed E-state index contributed by atoms with van der Waals surface area (Å²) in [5.74, 6) is -0.567. The van der Waals surface area contributed by atoms with Crippen LogP contribution in [0.25, 0.3) is 11.4 Å². The van der Waals surface area contributed by atoms with Gasteiger partial charge in [0.05, 0.1) is 5.56 Å². The molecule has 0 fully saturated rings. The summed E-state index contributed by atoms with van der Waals surface area (Å²) < 4.78 is 37.0. The maximum Gasteiger partial charge on any atom is 0.296 e. The van der Waals surface area contributed by atoms with E-state index in [1.807, 2.05) is 0 Å². The zero-order chi connectivity index (χ0) is 13.5. The Morgan fingerprint density at radius 3 is 2.56 bits per heavy atom. The van der Waals surface area contributed by atoms with E-state index in [2.05, 4.69) is 10.2 Å². The molecule has 0 aliphatic carbocycles. The van der Waals surface area contributed by atoms with Crippen LogP contribution in [0.5, 0.6) is 0 Å². The second-order valence-corrected chi connectivity index (χ2v) is 6.32. The molecule has 18 heavy (non-hydrogen) atoms. The van der Waals surface area contributed by atoms with Gasteiger partial charge >= 0.3 is 0 Å². The first-order valence-electron chi connectivity index (χ1n) is 4.60. The Morgan fingerprint density at radius 1 is 1.33 bits per heavy atom. The van der Waals surface area contributed by atoms with Crippen molar-refractivity contribution in [3.05, 3.63) is 29.0 Å². The average molecular weight is 310 g/mol. The van der Waals surface area contributed by atoms with Crippen LogP contribution in [0.15, 0.2) is 23.4 Å². The van der Waals surface area contributed by atoms with E-state index in [1.54, 1.807) is 0 Å². The standard InChI is InChI=1S/C9H6Cl2FN3O2S/c1-15-8(13-14-9(15)18(11,16)17)6-4-5(10)2-3-7(6)12/h2-4H,1H3. The van der Waals surface area contributed by atoms with Gasteiger partial charge in [-0.1, -0.05) is 11.6 Å². The number of hydrogen-bond acceptors (Lipinski definition) is 4. The van der Waals surface area contributed by atoms with Gasteiger partial charge in [0.15, 0.2) is 5.82 Å². The molecule has 0 aliphatic heterocycles. The number of rotatable bonds is 2. The van der Waals surface area contributed by atoms with Crippen molar-refractivity contribution in [2.75, 3.05) is 0 Å². The second-order valence-electron chi connectivity index (χ2n) is 3.43. The summed E-state index contributed by atoms with van der Waals surface area (Å²) in [5.41, 5.74) is 0.0454. The van der Waals surface area contributed by atoms with E-state index in [0.717, 1.165) is 10.6 Å². The maximum atomic E-state index is 13.6. The number of benzene rings is 1. The minimum atomic E-state index is -4.04. The van der Waals surface area contributed by atoms with Crippen molar-refractivity contribution in [1.29, 1.82) is 0 Å². The Labute approximate surface area is 112 Å². The first kappa shape index (κ1) is 13.3. The predicted molar refractivity (Wildman–Crippen MR) is 64.4 cm³/mol. The molecule has 0 radical (unpaired) electrons. The molecule has 2 aromatic rings. The Hall–Kier alpha value is -1.18. The van der Waals surface area contributed by atoms with E-state index in [1.165, 1.54) is 19.2 Å². The lowest BCUT2D eigenvalue weighted by molar-refractivity contribution is 0.592. The Kier molecular flexibility index (Phi) is 3.31. The molecule has 1 aromatic carbocycles. The Bertz CT molecular complexity index is 715. The molecule has 0 saturated carbocycles. The van der Waals surface area contributed by atoms with Crippen molar-refractivity contribution >= 4 is 31.3 Å². The van der Waals surface area contributed by atoms with Crippen LogP contribution < -0.4 is 0 Å². The van der Waals surface area contributed by atoms with Crippen molar-refractivity contribution in [2.24, 2.45) is 7.05 Å². The second kappa shape index (κ2) is 4.49. The van der Waals surface area contributed by atoms with Gasteiger partial charge in [0.1, 0.15) is 5.82 Å². The molecule has 0 amide bonds. The molecule has 0 atom stereocenters. The zero-order valence-corrected chi connectivity index (χ0v) is 11.3. The quantitative estimate of drug-likeness (QED) is 0.798. The molecular formula is C9H6Cl2FN3O2S. The smallest absolute Gasteiger partial charge is 0.296 e. The largest absolute Gasteiger partial charge is 0.300 e. The van der Waals surface area contributed by atoms with Crippen molar-refractivity contribution < 1.29 is 12.8 Å². The lowest BCUT2D eigenvalue weighted by Gasteiger charge is -2.03. The fourth-order valence-electron chi connectivity index (χ4n) is 1.43. The molecular weight excluding hydrogens is 304 g/mol. The molecule has 0 N–H and O–H groups in total. The van der Waals surface area contributed by atoms with Gasteiger partial charge in [-0.25, -0.2) is 12.8 Å². The van der Waals surface area contributed by atoms with Gasteiger partial charge in [0.2, 0.25) is 0 Å². The lowest BCUT2D eigenvalue weighted by atomic mass is 10.2. The van der Waals surface area contributed by atoms with E-state index in [4.69, 9.17) is 22.3 Å². The Morgan fingerprint density at radius 2 is 2.00 bits per heavy atom. The number of aromatic nitrogens is 3. The van der Waals surface area contributed by atoms with Crippen LogP contribution in [0.2, 0.25) is 5.02 Å². The minimum Gasteiger partial charge on any atom is -0.300 e. The van der Waals surface area contributed by atoms with Crippen LogP contribution in [0.3, 0.4) is 0 Å². The third kappa shape index (κ3) is 2.33. The molecule has 0 aliphatic rings. The molecule has 96 valence electrons. The molecule has 0 spiro atoms. The lowest BCUT2D eigenvalue weighted by Crippen LogP contribution is -2.03. The molecule has 0 unspecified atom stereocenters. The third-order valence-electron chi connectivity index (χ3n) is 2.22. The zero-order valence-electron chi connectivity index (χ0n) is 8.93. The number of hydrogen-bond donors (Lipinski definition) is 0. The van der Waals surface area contributed by atoms with E-state index in [-0.39, 0.29) is 11.4 Å². The maximum absolute atomic E-state index is 13.6. The van der Waals surface area contributed by atoms with E-state index >= 15 is 0 Å². The highest BCUT2D eigenvalue weighted by Gasteiger charge is 2.22. The first-order chi connectivity index (χ1) is 8.30. The minimum absolute atomic E-state index is 0.0224. The van der Waals surface area contributed by atoms with E-state index in [0.29, 0.717) is 5.02 Å². The summed E-state index contributed by atoms with van der Waals surface area (Å²) in [6.45, 7) is 0. The van der Waals surface area contributed by atoms with Crippen LogP contribution in [0, 0.1) is 5.82 Å². The summed E-state index contributed by atoms with van der Waals surface area (Å²) in [6, 6.07) is 3.85. The van der Waals surface area contributed by atoms with Crippen LogP contribution in [0.4, 0.5) is 4.39 Å². The summed E-state index contributed by atoms with van der Waals surface area (Å²) in [4.78, 5) is 0. The average Bonchev–Trinajstić information content (AvgIpc) is 2.63. The summed E-state index contributed by atoms with van der Waals surface area (Å²) in [6.07, 6.45) is 0. The number of nitrogens with zero attached hydrogens (tertiary/aromatic N) is 3. The van der Waals surface area contributed by atoms with E-state index < -0.39 is 20.0 Å². The summed E-state index contributed by atoms with van der Waals surface area (Å²) in [7, 11) is 2.49. The monoisotopic (exact) mass is 309 g/mol. The predicted octanol–water partition coefficient (Wildman–Crippen LogP) is 2.20. The van der Waals surface area contributed by atoms with Gasteiger partial charge in [-0.2, -0.15) is 0 Å².